The Bertz CT molecular complexity index is 201. The molecule has 0 aromatic heterocycles. The Morgan fingerprint density at radius 2 is 1.85 bits per heavy atom. The first-order valence-electron chi connectivity index (χ1n) is 4.72. The fourth-order valence-corrected chi connectivity index (χ4v) is 1.58. The molecule has 0 spiro atoms. The summed E-state index contributed by atoms with van der Waals surface area (Å²) in [4.78, 5) is 0. The van der Waals surface area contributed by atoms with Crippen LogP contribution in [0.4, 0.5) is 0 Å². The minimum atomic E-state index is -3.74. The molecule has 2 N–H and O–H groups in total. The number of unbranched alkanes of at least 4 members (excludes halogenated alkanes) is 2. The van der Waals surface area contributed by atoms with Gasteiger partial charge in [-0.2, -0.15) is 8.42 Å². The predicted molar refractivity (Wildman–Crippen MR) is 53.4 cm³/mol. The van der Waals surface area contributed by atoms with Crippen LogP contribution < -0.4 is 5.32 Å². The molecule has 5 heteroatoms. The quantitative estimate of drug-likeness (QED) is 0.463. The number of hydrogen-bond donors (Lipinski definition) is 2. The lowest BCUT2D eigenvalue weighted by Crippen LogP contribution is -2.16. The molecular weight excluding hydrogens is 190 g/mol. The van der Waals surface area contributed by atoms with Crippen molar-refractivity contribution in [3.63, 3.8) is 0 Å². The molecule has 0 bridgehead atoms. The van der Waals surface area contributed by atoms with Crippen LogP contribution in [0.5, 0.6) is 0 Å². The first kappa shape index (κ1) is 12.9. The second-order valence-corrected chi connectivity index (χ2v) is 4.67. The van der Waals surface area contributed by atoms with Gasteiger partial charge in [-0.1, -0.05) is 13.3 Å². The molecule has 0 radical (unpaired) electrons. The molecule has 80 valence electrons. The van der Waals surface area contributed by atoms with E-state index in [1.54, 1.807) is 0 Å². The highest BCUT2D eigenvalue weighted by molar-refractivity contribution is 7.85. The zero-order valence-corrected chi connectivity index (χ0v) is 8.94. The third kappa shape index (κ3) is 11.9. The Kier molecular flexibility index (Phi) is 7.22. The van der Waals surface area contributed by atoms with E-state index in [1.807, 2.05) is 0 Å². The van der Waals surface area contributed by atoms with Gasteiger partial charge in [0.2, 0.25) is 0 Å². The Morgan fingerprint density at radius 3 is 2.38 bits per heavy atom. The van der Waals surface area contributed by atoms with E-state index >= 15 is 0 Å². The Labute approximate surface area is 80.5 Å². The molecule has 0 aliphatic rings. The summed E-state index contributed by atoms with van der Waals surface area (Å²) in [7, 11) is -3.74. The smallest absolute Gasteiger partial charge is 0.264 e. The van der Waals surface area contributed by atoms with Gasteiger partial charge in [0.15, 0.2) is 0 Å². The van der Waals surface area contributed by atoms with E-state index < -0.39 is 10.1 Å². The van der Waals surface area contributed by atoms with Crippen molar-refractivity contribution in [3.05, 3.63) is 0 Å². The fourth-order valence-electron chi connectivity index (χ4n) is 1.01. The van der Waals surface area contributed by atoms with Gasteiger partial charge in [-0.3, -0.25) is 4.55 Å². The van der Waals surface area contributed by atoms with Crippen molar-refractivity contribution >= 4 is 10.1 Å². The molecule has 0 aliphatic carbocycles. The Balaban J connectivity index is 3.09. The van der Waals surface area contributed by atoms with E-state index in [1.165, 1.54) is 0 Å². The van der Waals surface area contributed by atoms with Gasteiger partial charge in [0.1, 0.15) is 0 Å². The van der Waals surface area contributed by atoms with Crippen molar-refractivity contribution in [2.24, 2.45) is 0 Å². The minimum Gasteiger partial charge on any atom is -0.317 e. The summed E-state index contributed by atoms with van der Waals surface area (Å²) in [5, 5.41) is 3.22. The normalized spacial score (nSPS) is 11.8. The molecule has 4 nitrogen and oxygen atoms in total. The summed E-state index contributed by atoms with van der Waals surface area (Å²) >= 11 is 0. The summed E-state index contributed by atoms with van der Waals surface area (Å²) in [6, 6.07) is 0. The van der Waals surface area contributed by atoms with E-state index in [0.29, 0.717) is 6.42 Å². The predicted octanol–water partition coefficient (Wildman–Crippen LogP) is 1.04. The van der Waals surface area contributed by atoms with Gasteiger partial charge in [-0.15, -0.1) is 0 Å². The molecule has 0 unspecified atom stereocenters. The molecule has 0 heterocycles. The molecule has 0 aliphatic heterocycles. The lowest BCUT2D eigenvalue weighted by molar-refractivity contribution is 0.479. The van der Waals surface area contributed by atoms with Gasteiger partial charge in [0, 0.05) is 0 Å². The van der Waals surface area contributed by atoms with E-state index in [4.69, 9.17) is 4.55 Å². The molecule has 0 aromatic rings. The first-order valence-corrected chi connectivity index (χ1v) is 6.33. The number of rotatable bonds is 8. The van der Waals surface area contributed by atoms with Crippen LogP contribution in [0.1, 0.15) is 32.6 Å². The third-order valence-electron chi connectivity index (χ3n) is 1.68. The molecular formula is C8H19NO3S. The molecule has 13 heavy (non-hydrogen) atoms. The van der Waals surface area contributed by atoms with Crippen LogP contribution in [0.15, 0.2) is 0 Å². The molecule has 0 rings (SSSR count). The molecule has 0 aromatic carbocycles. The Morgan fingerprint density at radius 1 is 1.15 bits per heavy atom. The summed E-state index contributed by atoms with van der Waals surface area (Å²) < 4.78 is 29.0. The highest BCUT2D eigenvalue weighted by Gasteiger charge is 2.02. The van der Waals surface area contributed by atoms with Crippen LogP contribution in [0, 0.1) is 0 Å². The zero-order chi connectivity index (χ0) is 10.2. The average molecular weight is 209 g/mol. The van der Waals surface area contributed by atoms with Gasteiger partial charge in [0.05, 0.1) is 5.75 Å². The summed E-state index contributed by atoms with van der Waals surface area (Å²) in [6.07, 6.45) is 3.48. The SMILES string of the molecule is CCCNCCCCCS(=O)(=O)O. The maximum absolute atomic E-state index is 10.3. The van der Waals surface area contributed by atoms with E-state index in [2.05, 4.69) is 12.2 Å². The fraction of sp³-hybridized carbons (Fsp3) is 1.00. The topological polar surface area (TPSA) is 66.4 Å². The monoisotopic (exact) mass is 209 g/mol. The molecule has 0 atom stereocenters. The van der Waals surface area contributed by atoms with Crippen molar-refractivity contribution in [1.82, 2.24) is 5.32 Å². The van der Waals surface area contributed by atoms with Crippen molar-refractivity contribution in [1.29, 1.82) is 0 Å². The van der Waals surface area contributed by atoms with Crippen molar-refractivity contribution in [2.45, 2.75) is 32.6 Å². The highest BCUT2D eigenvalue weighted by atomic mass is 32.2. The van der Waals surface area contributed by atoms with Crippen molar-refractivity contribution < 1.29 is 13.0 Å². The average Bonchev–Trinajstić information content (AvgIpc) is 2.01. The van der Waals surface area contributed by atoms with Crippen LogP contribution in [0.2, 0.25) is 0 Å². The van der Waals surface area contributed by atoms with Crippen LogP contribution >= 0.6 is 0 Å². The highest BCUT2D eigenvalue weighted by Crippen LogP contribution is 1.97. The summed E-state index contributed by atoms with van der Waals surface area (Å²) in [5.74, 6) is -0.110. The van der Waals surface area contributed by atoms with Crippen LogP contribution in [-0.2, 0) is 10.1 Å². The third-order valence-corrected chi connectivity index (χ3v) is 2.49. The summed E-state index contributed by atoms with van der Waals surface area (Å²) in [5.41, 5.74) is 0. The Hall–Kier alpha value is -0.130. The van der Waals surface area contributed by atoms with E-state index in [-0.39, 0.29) is 5.75 Å². The van der Waals surface area contributed by atoms with Gasteiger partial charge in [0.25, 0.3) is 10.1 Å². The van der Waals surface area contributed by atoms with E-state index in [0.717, 1.165) is 32.4 Å². The number of nitrogens with one attached hydrogen (secondary N) is 1. The largest absolute Gasteiger partial charge is 0.317 e. The van der Waals surface area contributed by atoms with Gasteiger partial charge >= 0.3 is 0 Å². The molecule has 0 saturated heterocycles. The molecule has 0 fully saturated rings. The maximum atomic E-state index is 10.3. The lowest BCUT2D eigenvalue weighted by atomic mass is 10.2. The second kappa shape index (κ2) is 7.29. The van der Waals surface area contributed by atoms with Crippen LogP contribution in [0.3, 0.4) is 0 Å². The zero-order valence-electron chi connectivity index (χ0n) is 8.12. The first-order chi connectivity index (χ1) is 6.06. The second-order valence-electron chi connectivity index (χ2n) is 3.10. The van der Waals surface area contributed by atoms with Gasteiger partial charge in [-0.25, -0.2) is 0 Å². The lowest BCUT2D eigenvalue weighted by Gasteiger charge is -2.01. The van der Waals surface area contributed by atoms with E-state index in [9.17, 15) is 8.42 Å². The van der Waals surface area contributed by atoms with Crippen molar-refractivity contribution in [3.8, 4) is 0 Å². The molecule has 0 saturated carbocycles. The van der Waals surface area contributed by atoms with Gasteiger partial charge < -0.3 is 5.32 Å². The van der Waals surface area contributed by atoms with Crippen LogP contribution in [0.25, 0.3) is 0 Å². The number of hydrogen-bond acceptors (Lipinski definition) is 3. The van der Waals surface area contributed by atoms with Gasteiger partial charge in [-0.05, 0) is 32.4 Å². The van der Waals surface area contributed by atoms with Crippen molar-refractivity contribution in [2.75, 3.05) is 18.8 Å². The molecule has 0 amide bonds. The standard InChI is InChI=1S/C8H19NO3S/c1-2-6-9-7-4-3-5-8-13(10,11)12/h9H,2-8H2,1H3,(H,10,11,12). The minimum absolute atomic E-state index is 0.110. The summed E-state index contributed by atoms with van der Waals surface area (Å²) in [6.45, 7) is 4.04. The maximum Gasteiger partial charge on any atom is 0.264 e. The van der Waals surface area contributed by atoms with Crippen LogP contribution in [-0.4, -0.2) is 31.8 Å².